The van der Waals surface area contributed by atoms with Crippen molar-refractivity contribution in [2.75, 3.05) is 43.1 Å². The summed E-state index contributed by atoms with van der Waals surface area (Å²) >= 11 is 5.86. The molecule has 7 nitrogen and oxygen atoms in total. The molecule has 154 valence electrons. The number of ether oxygens (including phenoxy) is 3. The van der Waals surface area contributed by atoms with E-state index in [0.717, 1.165) is 18.8 Å². The molecule has 0 spiro atoms. The molecular weight excluding hydrogens is 396 g/mol. The normalized spacial score (nSPS) is 14.8. The van der Waals surface area contributed by atoms with Gasteiger partial charge in [0, 0.05) is 29.5 Å². The molecule has 2 aromatic carbocycles. The zero-order chi connectivity index (χ0) is 20.6. The Morgan fingerprint density at radius 3 is 2.59 bits per heavy atom. The van der Waals surface area contributed by atoms with Gasteiger partial charge in [0.25, 0.3) is 5.91 Å². The van der Waals surface area contributed by atoms with Crippen molar-refractivity contribution in [1.29, 1.82) is 0 Å². The summed E-state index contributed by atoms with van der Waals surface area (Å²) in [6.07, 6.45) is -0.954. The van der Waals surface area contributed by atoms with Gasteiger partial charge in [-0.1, -0.05) is 17.7 Å². The van der Waals surface area contributed by atoms with Crippen molar-refractivity contribution in [1.82, 2.24) is 0 Å². The zero-order valence-corrected chi connectivity index (χ0v) is 16.9. The van der Waals surface area contributed by atoms with E-state index in [-0.39, 0.29) is 6.61 Å². The van der Waals surface area contributed by atoms with E-state index < -0.39 is 18.0 Å². The number of carbonyl (C=O) groups is 2. The second-order valence-electron chi connectivity index (χ2n) is 6.51. The molecule has 2 aromatic rings. The number of anilines is 2. The molecule has 0 bridgehead atoms. The number of rotatable bonds is 7. The van der Waals surface area contributed by atoms with Gasteiger partial charge in [0.05, 0.1) is 13.2 Å². The fourth-order valence-corrected chi connectivity index (χ4v) is 2.99. The van der Waals surface area contributed by atoms with Crippen molar-refractivity contribution < 1.29 is 23.8 Å². The predicted molar refractivity (Wildman–Crippen MR) is 111 cm³/mol. The van der Waals surface area contributed by atoms with Crippen LogP contribution in [0, 0.1) is 0 Å². The molecule has 0 radical (unpaired) electrons. The average Bonchev–Trinajstić information content (AvgIpc) is 2.73. The number of hydrogen-bond donors (Lipinski definition) is 1. The lowest BCUT2D eigenvalue weighted by Crippen LogP contribution is -2.36. The van der Waals surface area contributed by atoms with Crippen LogP contribution in [0.5, 0.6) is 5.75 Å². The third kappa shape index (κ3) is 6.37. The van der Waals surface area contributed by atoms with Crippen LogP contribution in [0.4, 0.5) is 11.4 Å². The third-order valence-corrected chi connectivity index (χ3v) is 4.58. The molecule has 1 fully saturated rings. The van der Waals surface area contributed by atoms with Gasteiger partial charge in [0.2, 0.25) is 0 Å². The van der Waals surface area contributed by atoms with Crippen LogP contribution in [0.3, 0.4) is 0 Å². The fourth-order valence-electron chi connectivity index (χ4n) is 2.80. The standard InChI is InChI=1S/C21H23ClN2O5/c1-15(29-20(25)14-28-19-4-2-3-16(22)13-19)21(26)23-17-5-7-18(8-6-17)24-9-11-27-12-10-24/h2-8,13,15H,9-12,14H2,1H3,(H,23,26)/t15-/m1/s1. The van der Waals surface area contributed by atoms with E-state index in [9.17, 15) is 9.59 Å². The lowest BCUT2D eigenvalue weighted by molar-refractivity contribution is -0.155. The summed E-state index contributed by atoms with van der Waals surface area (Å²) in [5.74, 6) is -0.609. The van der Waals surface area contributed by atoms with Gasteiger partial charge in [-0.05, 0) is 49.4 Å². The molecule has 8 heteroatoms. The number of esters is 1. The number of nitrogens with one attached hydrogen (secondary N) is 1. The molecule has 3 rings (SSSR count). The Kier molecular flexibility index (Phi) is 7.32. The molecule has 1 heterocycles. The summed E-state index contributed by atoms with van der Waals surface area (Å²) in [5, 5.41) is 3.24. The van der Waals surface area contributed by atoms with Crippen LogP contribution in [0.15, 0.2) is 48.5 Å². The highest BCUT2D eigenvalue weighted by atomic mass is 35.5. The van der Waals surface area contributed by atoms with Gasteiger partial charge in [-0.25, -0.2) is 4.79 Å². The molecular formula is C21H23ClN2O5. The van der Waals surface area contributed by atoms with Gasteiger partial charge in [-0.15, -0.1) is 0 Å². The summed E-state index contributed by atoms with van der Waals surface area (Å²) in [7, 11) is 0. The number of halogens is 1. The van der Waals surface area contributed by atoms with Crippen molar-refractivity contribution in [3.8, 4) is 5.75 Å². The lowest BCUT2D eigenvalue weighted by atomic mass is 10.2. The highest BCUT2D eigenvalue weighted by molar-refractivity contribution is 6.30. The van der Waals surface area contributed by atoms with Crippen LogP contribution < -0.4 is 15.0 Å². The van der Waals surface area contributed by atoms with Crippen LogP contribution in [0.25, 0.3) is 0 Å². The Morgan fingerprint density at radius 2 is 1.90 bits per heavy atom. The first-order valence-electron chi connectivity index (χ1n) is 9.33. The average molecular weight is 419 g/mol. The maximum atomic E-state index is 12.3. The smallest absolute Gasteiger partial charge is 0.344 e. The van der Waals surface area contributed by atoms with Crippen LogP contribution in [-0.4, -0.2) is 50.9 Å². The topological polar surface area (TPSA) is 77.1 Å². The Hall–Kier alpha value is -2.77. The summed E-state index contributed by atoms with van der Waals surface area (Å²) in [6.45, 7) is 4.30. The number of benzene rings is 2. The van der Waals surface area contributed by atoms with Crippen LogP contribution in [0.1, 0.15) is 6.92 Å². The van der Waals surface area contributed by atoms with E-state index in [1.54, 1.807) is 24.3 Å². The largest absolute Gasteiger partial charge is 0.482 e. The summed E-state index contributed by atoms with van der Waals surface area (Å²) in [4.78, 5) is 26.4. The van der Waals surface area contributed by atoms with E-state index in [1.807, 2.05) is 24.3 Å². The Morgan fingerprint density at radius 1 is 1.17 bits per heavy atom. The number of amides is 1. The minimum Gasteiger partial charge on any atom is -0.482 e. The molecule has 1 aliphatic rings. The van der Waals surface area contributed by atoms with E-state index in [4.69, 9.17) is 25.8 Å². The molecule has 1 saturated heterocycles. The molecule has 1 amide bonds. The molecule has 29 heavy (non-hydrogen) atoms. The molecule has 0 unspecified atom stereocenters. The number of hydrogen-bond acceptors (Lipinski definition) is 6. The monoisotopic (exact) mass is 418 g/mol. The van der Waals surface area contributed by atoms with Gasteiger partial charge in [-0.2, -0.15) is 0 Å². The molecule has 1 N–H and O–H groups in total. The van der Waals surface area contributed by atoms with Crippen molar-refractivity contribution in [2.24, 2.45) is 0 Å². The summed E-state index contributed by atoms with van der Waals surface area (Å²) in [6, 6.07) is 14.2. The van der Waals surface area contributed by atoms with Gasteiger partial charge >= 0.3 is 5.97 Å². The maximum absolute atomic E-state index is 12.3. The quantitative estimate of drug-likeness (QED) is 0.696. The Balaban J connectivity index is 1.45. The third-order valence-electron chi connectivity index (χ3n) is 4.34. The first-order valence-corrected chi connectivity index (χ1v) is 9.70. The molecule has 0 aliphatic carbocycles. The van der Waals surface area contributed by atoms with E-state index in [2.05, 4.69) is 10.2 Å². The van der Waals surface area contributed by atoms with Gasteiger partial charge in [0.15, 0.2) is 12.7 Å². The minimum absolute atomic E-state index is 0.313. The van der Waals surface area contributed by atoms with Gasteiger partial charge in [-0.3, -0.25) is 4.79 Å². The SMILES string of the molecule is C[C@@H](OC(=O)COc1cccc(Cl)c1)C(=O)Nc1ccc(N2CCOCC2)cc1. The highest BCUT2D eigenvalue weighted by Crippen LogP contribution is 2.19. The Labute approximate surface area is 174 Å². The second kappa shape index (κ2) is 10.1. The van der Waals surface area contributed by atoms with Gasteiger partial charge < -0.3 is 24.4 Å². The Bertz CT molecular complexity index is 837. The van der Waals surface area contributed by atoms with Crippen LogP contribution in [-0.2, 0) is 19.1 Å². The van der Waals surface area contributed by atoms with Crippen LogP contribution >= 0.6 is 11.6 Å². The predicted octanol–water partition coefficient (Wildman–Crippen LogP) is 3.13. The number of carbonyl (C=O) groups excluding carboxylic acids is 2. The fraction of sp³-hybridized carbons (Fsp3) is 0.333. The lowest BCUT2D eigenvalue weighted by Gasteiger charge is -2.28. The zero-order valence-electron chi connectivity index (χ0n) is 16.1. The first kappa shape index (κ1) is 21.0. The van der Waals surface area contributed by atoms with Crippen molar-refractivity contribution in [2.45, 2.75) is 13.0 Å². The highest BCUT2D eigenvalue weighted by Gasteiger charge is 2.19. The van der Waals surface area contributed by atoms with Crippen molar-refractivity contribution in [3.05, 3.63) is 53.6 Å². The maximum Gasteiger partial charge on any atom is 0.344 e. The molecule has 0 aromatic heterocycles. The van der Waals surface area contributed by atoms with Gasteiger partial charge in [0.1, 0.15) is 5.75 Å². The summed E-state index contributed by atoms with van der Waals surface area (Å²) in [5.41, 5.74) is 1.70. The van der Waals surface area contributed by atoms with E-state index >= 15 is 0 Å². The molecule has 1 aliphatic heterocycles. The van der Waals surface area contributed by atoms with Crippen molar-refractivity contribution >= 4 is 34.9 Å². The molecule has 0 saturated carbocycles. The van der Waals surface area contributed by atoms with Crippen LogP contribution in [0.2, 0.25) is 5.02 Å². The van der Waals surface area contributed by atoms with E-state index in [0.29, 0.717) is 29.7 Å². The first-order chi connectivity index (χ1) is 14.0. The van der Waals surface area contributed by atoms with E-state index in [1.165, 1.54) is 6.92 Å². The van der Waals surface area contributed by atoms with Crippen molar-refractivity contribution in [3.63, 3.8) is 0 Å². The number of nitrogens with zero attached hydrogens (tertiary/aromatic N) is 1. The summed E-state index contributed by atoms with van der Waals surface area (Å²) < 4.78 is 15.8. The molecule has 1 atom stereocenters. The minimum atomic E-state index is -0.954. The number of morpholine rings is 1. The second-order valence-corrected chi connectivity index (χ2v) is 6.95.